The lowest BCUT2D eigenvalue weighted by Crippen LogP contribution is -2.55. The lowest BCUT2D eigenvalue weighted by atomic mass is 9.92. The molecule has 1 unspecified atom stereocenters. The highest BCUT2D eigenvalue weighted by molar-refractivity contribution is 5.91. The lowest BCUT2D eigenvalue weighted by Gasteiger charge is -2.37. The Morgan fingerprint density at radius 3 is 2.48 bits per heavy atom. The third kappa shape index (κ3) is 5.52. The second-order valence-electron chi connectivity index (χ2n) is 8.65. The molecule has 1 aliphatic heterocycles. The first kappa shape index (κ1) is 19.8. The molecule has 8 nitrogen and oxygen atoms in total. The minimum Gasteiger partial charge on any atom is -0.352 e. The van der Waals surface area contributed by atoms with Gasteiger partial charge in [0.05, 0.1) is 18.3 Å². The summed E-state index contributed by atoms with van der Waals surface area (Å²) in [6, 6.07) is 2.04. The first-order chi connectivity index (χ1) is 12.7. The Balaban J connectivity index is 1.41. The Morgan fingerprint density at radius 1 is 1.26 bits per heavy atom. The zero-order chi connectivity index (χ0) is 19.6. The third-order valence-electron chi connectivity index (χ3n) is 5.17. The van der Waals surface area contributed by atoms with Gasteiger partial charge in [-0.1, -0.05) is 25.9 Å². The van der Waals surface area contributed by atoms with Crippen molar-refractivity contribution >= 4 is 17.7 Å². The van der Waals surface area contributed by atoms with Crippen molar-refractivity contribution in [2.24, 2.45) is 0 Å². The number of amides is 2. The van der Waals surface area contributed by atoms with E-state index in [1.165, 1.54) is 0 Å². The molecule has 1 saturated heterocycles. The van der Waals surface area contributed by atoms with E-state index in [0.717, 1.165) is 44.7 Å². The second-order valence-corrected chi connectivity index (χ2v) is 8.65. The van der Waals surface area contributed by atoms with Crippen LogP contribution in [0.2, 0.25) is 0 Å². The van der Waals surface area contributed by atoms with E-state index >= 15 is 0 Å². The van der Waals surface area contributed by atoms with Gasteiger partial charge in [0.2, 0.25) is 17.7 Å². The van der Waals surface area contributed by atoms with Crippen LogP contribution in [0.25, 0.3) is 0 Å². The quantitative estimate of drug-likeness (QED) is 0.774. The molecule has 2 aliphatic rings. The van der Waals surface area contributed by atoms with Crippen molar-refractivity contribution in [3.8, 4) is 0 Å². The molecular formula is C19H31N5O3. The Bertz CT molecular complexity index is 669. The van der Waals surface area contributed by atoms with E-state index in [4.69, 9.17) is 4.52 Å². The summed E-state index contributed by atoms with van der Waals surface area (Å²) in [5, 5.41) is 9.84. The number of anilines is 1. The summed E-state index contributed by atoms with van der Waals surface area (Å²) in [7, 11) is 0. The van der Waals surface area contributed by atoms with E-state index < -0.39 is 0 Å². The molecule has 8 heteroatoms. The number of aromatic nitrogens is 1. The van der Waals surface area contributed by atoms with Crippen molar-refractivity contribution < 1.29 is 14.1 Å². The molecule has 150 valence electrons. The van der Waals surface area contributed by atoms with Crippen LogP contribution in [0.4, 0.5) is 5.88 Å². The fourth-order valence-corrected chi connectivity index (χ4v) is 3.09. The van der Waals surface area contributed by atoms with Gasteiger partial charge in [0.1, 0.15) is 0 Å². The maximum atomic E-state index is 12.3. The van der Waals surface area contributed by atoms with E-state index in [2.05, 4.69) is 25.6 Å². The summed E-state index contributed by atoms with van der Waals surface area (Å²) < 4.78 is 5.21. The SMILES string of the molecule is CC(C(=O)NC1CC1)N1CCN(CC(=O)Nc2cc(C(C)(C)C)no2)CC1. The maximum absolute atomic E-state index is 12.3. The highest BCUT2D eigenvalue weighted by Gasteiger charge is 2.30. The number of rotatable bonds is 6. The monoisotopic (exact) mass is 377 g/mol. The minimum atomic E-state index is -0.120. The van der Waals surface area contributed by atoms with Gasteiger partial charge in [-0.2, -0.15) is 0 Å². The molecule has 0 bridgehead atoms. The number of hydrogen-bond donors (Lipinski definition) is 2. The predicted molar refractivity (Wildman–Crippen MR) is 102 cm³/mol. The fourth-order valence-electron chi connectivity index (χ4n) is 3.09. The lowest BCUT2D eigenvalue weighted by molar-refractivity contribution is -0.127. The van der Waals surface area contributed by atoms with Crippen LogP contribution >= 0.6 is 0 Å². The van der Waals surface area contributed by atoms with Crippen molar-refractivity contribution in [2.75, 3.05) is 38.0 Å². The maximum Gasteiger partial charge on any atom is 0.240 e. The summed E-state index contributed by atoms with van der Waals surface area (Å²) in [6.45, 7) is 11.5. The molecule has 3 rings (SSSR count). The van der Waals surface area contributed by atoms with Crippen LogP contribution in [0.15, 0.2) is 10.6 Å². The smallest absolute Gasteiger partial charge is 0.240 e. The molecule has 2 amide bonds. The van der Waals surface area contributed by atoms with Gasteiger partial charge in [-0.3, -0.25) is 24.7 Å². The number of carbonyl (C=O) groups excluding carboxylic acids is 2. The summed E-state index contributed by atoms with van der Waals surface area (Å²) in [5.41, 5.74) is 0.690. The van der Waals surface area contributed by atoms with Crippen molar-refractivity contribution in [3.05, 3.63) is 11.8 Å². The summed E-state index contributed by atoms with van der Waals surface area (Å²) >= 11 is 0. The van der Waals surface area contributed by atoms with Gasteiger partial charge in [-0.25, -0.2) is 0 Å². The molecule has 0 radical (unpaired) electrons. The second kappa shape index (κ2) is 7.98. The average Bonchev–Trinajstić information content (AvgIpc) is 3.28. The standard InChI is InChI=1S/C19H31N5O3/c1-13(18(26)20-14-5-6-14)24-9-7-23(8-10-24)12-16(25)21-17-11-15(22-27-17)19(2,3)4/h11,13-14H,5-10,12H2,1-4H3,(H,20,26)(H,21,25). The van der Waals surface area contributed by atoms with Gasteiger partial charge in [0.15, 0.2) is 0 Å². The average molecular weight is 377 g/mol. The molecule has 1 aromatic heterocycles. The number of nitrogens with zero attached hydrogens (tertiary/aromatic N) is 3. The molecule has 27 heavy (non-hydrogen) atoms. The van der Waals surface area contributed by atoms with Gasteiger partial charge in [0, 0.05) is 43.7 Å². The molecule has 1 atom stereocenters. The van der Waals surface area contributed by atoms with Gasteiger partial charge in [-0.05, 0) is 19.8 Å². The van der Waals surface area contributed by atoms with Crippen LogP contribution in [0.5, 0.6) is 0 Å². The minimum absolute atomic E-state index is 0.111. The molecule has 2 fully saturated rings. The van der Waals surface area contributed by atoms with Crippen LogP contribution < -0.4 is 10.6 Å². The van der Waals surface area contributed by atoms with Gasteiger partial charge in [-0.15, -0.1) is 0 Å². The van der Waals surface area contributed by atoms with Crippen molar-refractivity contribution in [1.82, 2.24) is 20.3 Å². The van der Waals surface area contributed by atoms with Crippen LogP contribution in [0.3, 0.4) is 0 Å². The molecule has 1 aliphatic carbocycles. The van der Waals surface area contributed by atoms with E-state index in [1.807, 2.05) is 27.7 Å². The molecule has 1 saturated carbocycles. The number of carbonyl (C=O) groups is 2. The van der Waals surface area contributed by atoms with Crippen LogP contribution in [0, 0.1) is 0 Å². The number of nitrogens with one attached hydrogen (secondary N) is 2. The Morgan fingerprint density at radius 2 is 1.93 bits per heavy atom. The summed E-state index contributed by atoms with van der Waals surface area (Å²) in [5.74, 6) is 0.386. The first-order valence-corrected chi connectivity index (χ1v) is 9.76. The van der Waals surface area contributed by atoms with E-state index in [-0.39, 0.29) is 23.3 Å². The highest BCUT2D eigenvalue weighted by Crippen LogP contribution is 2.23. The van der Waals surface area contributed by atoms with Crippen LogP contribution in [-0.4, -0.2) is 71.6 Å². The van der Waals surface area contributed by atoms with Gasteiger partial charge in [0.25, 0.3) is 0 Å². The number of hydrogen-bond acceptors (Lipinski definition) is 6. The van der Waals surface area contributed by atoms with Crippen LogP contribution in [-0.2, 0) is 15.0 Å². The topological polar surface area (TPSA) is 90.7 Å². The van der Waals surface area contributed by atoms with E-state index in [9.17, 15) is 9.59 Å². The van der Waals surface area contributed by atoms with E-state index in [1.54, 1.807) is 6.07 Å². The van der Waals surface area contributed by atoms with Crippen LogP contribution in [0.1, 0.15) is 46.2 Å². The first-order valence-electron chi connectivity index (χ1n) is 9.76. The Hall–Kier alpha value is -1.93. The normalized spacial score (nSPS) is 20.3. The van der Waals surface area contributed by atoms with Gasteiger partial charge >= 0.3 is 0 Å². The molecule has 2 heterocycles. The van der Waals surface area contributed by atoms with E-state index in [0.29, 0.717) is 18.5 Å². The number of piperazine rings is 1. The largest absolute Gasteiger partial charge is 0.352 e. The van der Waals surface area contributed by atoms with Crippen molar-refractivity contribution in [1.29, 1.82) is 0 Å². The molecule has 2 N–H and O–H groups in total. The third-order valence-corrected chi connectivity index (χ3v) is 5.17. The molecule has 0 aromatic carbocycles. The molecule has 1 aromatic rings. The summed E-state index contributed by atoms with van der Waals surface area (Å²) in [4.78, 5) is 28.7. The van der Waals surface area contributed by atoms with Crippen molar-refractivity contribution in [2.45, 2.75) is 58.0 Å². The van der Waals surface area contributed by atoms with Crippen molar-refractivity contribution in [3.63, 3.8) is 0 Å². The Kier molecular flexibility index (Phi) is 5.86. The molecule has 0 spiro atoms. The Labute approximate surface area is 160 Å². The zero-order valence-electron chi connectivity index (χ0n) is 16.7. The zero-order valence-corrected chi connectivity index (χ0v) is 16.7. The molecular weight excluding hydrogens is 346 g/mol. The van der Waals surface area contributed by atoms with Gasteiger partial charge < -0.3 is 9.84 Å². The summed E-state index contributed by atoms with van der Waals surface area (Å²) in [6.07, 6.45) is 2.20. The fraction of sp³-hybridized carbons (Fsp3) is 0.737. The highest BCUT2D eigenvalue weighted by atomic mass is 16.5. The predicted octanol–water partition coefficient (Wildman–Crippen LogP) is 1.20.